The van der Waals surface area contributed by atoms with Crippen LogP contribution in [0.15, 0.2) is 48.5 Å². The number of carbonyl (C=O) groups is 2. The molecule has 0 saturated carbocycles. The molecule has 3 N–H and O–H groups in total. The van der Waals surface area contributed by atoms with Crippen LogP contribution in [-0.4, -0.2) is 30.3 Å². The van der Waals surface area contributed by atoms with Gasteiger partial charge in [0.1, 0.15) is 5.75 Å². The first-order chi connectivity index (χ1) is 12.5. The van der Waals surface area contributed by atoms with Crippen LogP contribution in [0.3, 0.4) is 0 Å². The number of hydrogen-bond acceptors (Lipinski definition) is 3. The van der Waals surface area contributed by atoms with Crippen molar-refractivity contribution in [3.63, 3.8) is 0 Å². The lowest BCUT2D eigenvalue weighted by atomic mass is 10.0. The fourth-order valence-corrected chi connectivity index (χ4v) is 2.68. The van der Waals surface area contributed by atoms with E-state index in [4.69, 9.17) is 9.84 Å². The van der Waals surface area contributed by atoms with Crippen molar-refractivity contribution in [2.75, 3.05) is 12.4 Å². The summed E-state index contributed by atoms with van der Waals surface area (Å²) in [7, 11) is 1.54. The van der Waals surface area contributed by atoms with Gasteiger partial charge in [-0.2, -0.15) is 0 Å². The van der Waals surface area contributed by atoms with Gasteiger partial charge in [0.25, 0.3) is 0 Å². The normalized spacial score (nSPS) is 11.5. The Labute approximate surface area is 153 Å². The quantitative estimate of drug-likeness (QED) is 0.674. The number of ether oxygens (including phenoxy) is 1. The number of urea groups is 1. The molecule has 1 atom stereocenters. The van der Waals surface area contributed by atoms with E-state index in [1.165, 1.54) is 0 Å². The number of methoxy groups -OCH3 is 1. The number of anilines is 1. The third kappa shape index (κ3) is 6.12. The van der Waals surface area contributed by atoms with Crippen molar-refractivity contribution >= 4 is 17.7 Å². The van der Waals surface area contributed by atoms with Gasteiger partial charge in [0.2, 0.25) is 0 Å². The maximum Gasteiger partial charge on any atom is 0.319 e. The Bertz CT molecular complexity index is 747. The summed E-state index contributed by atoms with van der Waals surface area (Å²) in [6, 6.07) is 14.5. The van der Waals surface area contributed by atoms with Crippen molar-refractivity contribution in [1.29, 1.82) is 0 Å². The van der Waals surface area contributed by atoms with Gasteiger partial charge in [-0.1, -0.05) is 36.4 Å². The lowest BCUT2D eigenvalue weighted by Gasteiger charge is -2.19. The molecule has 0 spiro atoms. The fraction of sp³-hybridized carbons (Fsp3) is 0.300. The Balaban J connectivity index is 2.05. The van der Waals surface area contributed by atoms with Crippen LogP contribution in [0.1, 0.15) is 24.0 Å². The monoisotopic (exact) mass is 356 g/mol. The van der Waals surface area contributed by atoms with Crippen LogP contribution in [0, 0.1) is 6.92 Å². The molecule has 2 aromatic carbocycles. The van der Waals surface area contributed by atoms with Crippen LogP contribution >= 0.6 is 0 Å². The molecule has 0 bridgehead atoms. The number of carboxylic acids is 1. The Hall–Kier alpha value is -3.02. The summed E-state index contributed by atoms with van der Waals surface area (Å²) >= 11 is 0. The molecule has 0 heterocycles. The molecule has 0 radical (unpaired) electrons. The Morgan fingerprint density at radius 1 is 1.15 bits per heavy atom. The SMILES string of the molecule is COc1ccc(C)cc1NC(=O)NC(CCC(=O)O)Cc1ccccc1. The van der Waals surface area contributed by atoms with Gasteiger partial charge >= 0.3 is 12.0 Å². The van der Waals surface area contributed by atoms with Crippen molar-refractivity contribution < 1.29 is 19.4 Å². The lowest BCUT2D eigenvalue weighted by Crippen LogP contribution is -2.39. The van der Waals surface area contributed by atoms with E-state index in [1.807, 2.05) is 49.4 Å². The van der Waals surface area contributed by atoms with Crippen LogP contribution in [0.25, 0.3) is 0 Å². The second-order valence-corrected chi connectivity index (χ2v) is 6.12. The molecule has 1 unspecified atom stereocenters. The minimum atomic E-state index is -0.884. The molecule has 0 aliphatic heterocycles. The number of carbonyl (C=O) groups excluding carboxylic acids is 1. The second-order valence-electron chi connectivity index (χ2n) is 6.12. The molecular weight excluding hydrogens is 332 g/mol. The molecule has 138 valence electrons. The largest absolute Gasteiger partial charge is 0.495 e. The summed E-state index contributed by atoms with van der Waals surface area (Å²) in [5.41, 5.74) is 2.60. The lowest BCUT2D eigenvalue weighted by molar-refractivity contribution is -0.137. The maximum absolute atomic E-state index is 12.4. The third-order valence-corrected chi connectivity index (χ3v) is 3.97. The summed E-state index contributed by atoms with van der Waals surface area (Å²) in [6.07, 6.45) is 0.903. The van der Waals surface area contributed by atoms with E-state index in [9.17, 15) is 9.59 Å². The number of carboxylic acid groups (broad SMARTS) is 1. The van der Waals surface area contributed by atoms with Crippen LogP contribution in [0.4, 0.5) is 10.5 Å². The molecule has 0 aliphatic rings. The highest BCUT2D eigenvalue weighted by molar-refractivity contribution is 5.91. The van der Waals surface area contributed by atoms with Gasteiger partial charge in [-0.15, -0.1) is 0 Å². The molecule has 0 saturated heterocycles. The van der Waals surface area contributed by atoms with E-state index >= 15 is 0 Å². The van der Waals surface area contributed by atoms with E-state index in [0.29, 0.717) is 24.3 Å². The standard InChI is InChI=1S/C20H24N2O4/c1-14-8-10-18(26-2)17(12-14)22-20(25)21-16(9-11-19(23)24)13-15-6-4-3-5-7-15/h3-8,10,12,16H,9,11,13H2,1-2H3,(H,23,24)(H2,21,22,25). The first kappa shape index (κ1) is 19.3. The van der Waals surface area contributed by atoms with Crippen molar-refractivity contribution in [1.82, 2.24) is 5.32 Å². The maximum atomic E-state index is 12.4. The van der Waals surface area contributed by atoms with Crippen molar-refractivity contribution in [2.45, 2.75) is 32.2 Å². The topological polar surface area (TPSA) is 87.7 Å². The van der Waals surface area contributed by atoms with E-state index in [2.05, 4.69) is 10.6 Å². The zero-order valence-electron chi connectivity index (χ0n) is 15.0. The van der Waals surface area contributed by atoms with Crippen LogP contribution in [0.5, 0.6) is 5.75 Å². The summed E-state index contributed by atoms with van der Waals surface area (Å²) in [4.78, 5) is 23.3. The zero-order valence-corrected chi connectivity index (χ0v) is 15.0. The van der Waals surface area contributed by atoms with Crippen molar-refractivity contribution in [3.8, 4) is 5.75 Å². The molecule has 26 heavy (non-hydrogen) atoms. The van der Waals surface area contributed by atoms with Crippen LogP contribution < -0.4 is 15.4 Å². The number of benzene rings is 2. The number of hydrogen-bond donors (Lipinski definition) is 3. The summed E-state index contributed by atoms with van der Waals surface area (Å²) < 4.78 is 5.26. The molecule has 2 amide bonds. The Morgan fingerprint density at radius 3 is 2.54 bits per heavy atom. The number of nitrogens with one attached hydrogen (secondary N) is 2. The van der Waals surface area contributed by atoms with Gasteiger partial charge in [0, 0.05) is 12.5 Å². The van der Waals surface area contributed by atoms with E-state index in [-0.39, 0.29) is 18.5 Å². The first-order valence-corrected chi connectivity index (χ1v) is 8.46. The molecule has 0 aromatic heterocycles. The summed E-state index contributed by atoms with van der Waals surface area (Å²) in [6.45, 7) is 1.92. The van der Waals surface area contributed by atoms with Crippen molar-refractivity contribution in [2.24, 2.45) is 0 Å². The molecule has 0 fully saturated rings. The average molecular weight is 356 g/mol. The van der Waals surface area contributed by atoms with Gasteiger partial charge in [-0.05, 0) is 43.0 Å². The zero-order chi connectivity index (χ0) is 18.9. The number of rotatable bonds is 8. The molecule has 2 aromatic rings. The highest BCUT2D eigenvalue weighted by Crippen LogP contribution is 2.25. The Kier molecular flexibility index (Phi) is 7.02. The molecule has 6 heteroatoms. The predicted molar refractivity (Wildman–Crippen MR) is 101 cm³/mol. The number of aryl methyl sites for hydroxylation is 1. The second kappa shape index (κ2) is 9.46. The highest BCUT2D eigenvalue weighted by Gasteiger charge is 2.16. The predicted octanol–water partition coefficient (Wildman–Crippen LogP) is 3.60. The first-order valence-electron chi connectivity index (χ1n) is 8.46. The molecule has 0 aliphatic carbocycles. The van der Waals surface area contributed by atoms with Gasteiger partial charge in [0.15, 0.2) is 0 Å². The van der Waals surface area contributed by atoms with Crippen LogP contribution in [0.2, 0.25) is 0 Å². The highest BCUT2D eigenvalue weighted by atomic mass is 16.5. The minimum absolute atomic E-state index is 0.00839. The fourth-order valence-electron chi connectivity index (χ4n) is 2.68. The molecular formula is C20H24N2O4. The van der Waals surface area contributed by atoms with Crippen LogP contribution in [-0.2, 0) is 11.2 Å². The summed E-state index contributed by atoms with van der Waals surface area (Å²) in [5, 5.41) is 14.6. The van der Waals surface area contributed by atoms with Gasteiger partial charge in [0.05, 0.1) is 12.8 Å². The minimum Gasteiger partial charge on any atom is -0.495 e. The van der Waals surface area contributed by atoms with Gasteiger partial charge in [-0.3, -0.25) is 4.79 Å². The van der Waals surface area contributed by atoms with E-state index in [0.717, 1.165) is 11.1 Å². The smallest absolute Gasteiger partial charge is 0.319 e. The molecule has 6 nitrogen and oxygen atoms in total. The van der Waals surface area contributed by atoms with Gasteiger partial charge in [-0.25, -0.2) is 4.79 Å². The van der Waals surface area contributed by atoms with E-state index < -0.39 is 5.97 Å². The van der Waals surface area contributed by atoms with E-state index in [1.54, 1.807) is 13.2 Å². The Morgan fingerprint density at radius 2 is 1.88 bits per heavy atom. The number of aliphatic carboxylic acids is 1. The summed E-state index contributed by atoms with van der Waals surface area (Å²) in [5.74, 6) is -0.318. The third-order valence-electron chi connectivity index (χ3n) is 3.97. The van der Waals surface area contributed by atoms with Crippen molar-refractivity contribution in [3.05, 3.63) is 59.7 Å². The average Bonchev–Trinajstić information content (AvgIpc) is 2.60. The number of amides is 2. The molecule has 2 rings (SSSR count). The van der Waals surface area contributed by atoms with Gasteiger partial charge < -0.3 is 20.5 Å².